The molecule has 7 unspecified atom stereocenters. The van der Waals surface area contributed by atoms with E-state index in [1.54, 1.807) is 12.2 Å². The molecule has 1 heterocycles. The average Bonchev–Trinajstić information content (AvgIpc) is 2.90. The summed E-state index contributed by atoms with van der Waals surface area (Å²) in [6, 6.07) is 0. The molecule has 0 bridgehead atoms. The van der Waals surface area contributed by atoms with Crippen molar-refractivity contribution in [2.45, 2.75) is 83.7 Å². The number of allylic oxidation sites excluding steroid dienone is 4. The molecule has 33 heavy (non-hydrogen) atoms. The summed E-state index contributed by atoms with van der Waals surface area (Å²) in [5.74, 6) is 0.168. The molecule has 0 radical (unpaired) electrons. The van der Waals surface area contributed by atoms with Crippen molar-refractivity contribution in [2.24, 2.45) is 34.5 Å². The van der Waals surface area contributed by atoms with E-state index in [9.17, 15) is 19.8 Å². The van der Waals surface area contributed by atoms with Crippen LogP contribution in [-0.4, -0.2) is 53.0 Å². The Bertz CT molecular complexity index is 893. The number of carbonyl (C=O) groups excluding carboxylic acids is 2. The van der Waals surface area contributed by atoms with Crippen molar-refractivity contribution in [1.82, 2.24) is 0 Å². The fourth-order valence-corrected chi connectivity index (χ4v) is 8.72. The van der Waals surface area contributed by atoms with Crippen molar-refractivity contribution in [3.8, 4) is 0 Å². The number of rotatable bonds is 4. The van der Waals surface area contributed by atoms with Gasteiger partial charge in [-0.15, -0.1) is 0 Å². The van der Waals surface area contributed by atoms with Crippen LogP contribution < -0.4 is 0 Å². The minimum Gasteiger partial charge on any atom is -0.393 e. The fraction of sp³-hybridized carbons (Fsp3) is 0.778. The van der Waals surface area contributed by atoms with Crippen LogP contribution in [0.3, 0.4) is 0 Å². The van der Waals surface area contributed by atoms with Gasteiger partial charge >= 0.3 is 0 Å². The number of hydrogen-bond acceptors (Lipinski definition) is 6. The molecule has 0 spiro atoms. The summed E-state index contributed by atoms with van der Waals surface area (Å²) >= 11 is 0. The minimum atomic E-state index is -1.13. The zero-order chi connectivity index (χ0) is 23.6. The van der Waals surface area contributed by atoms with Crippen molar-refractivity contribution in [3.63, 3.8) is 0 Å². The van der Waals surface area contributed by atoms with E-state index in [-0.39, 0.29) is 40.7 Å². The summed E-state index contributed by atoms with van der Waals surface area (Å²) in [4.78, 5) is 25.6. The summed E-state index contributed by atoms with van der Waals surface area (Å²) in [6.07, 6.45) is 9.67. The lowest BCUT2D eigenvalue weighted by Gasteiger charge is -2.60. The topological polar surface area (TPSA) is 93.1 Å². The first-order chi connectivity index (χ1) is 15.7. The lowest BCUT2D eigenvalue weighted by molar-refractivity contribution is -0.249. The Labute approximate surface area is 196 Å². The summed E-state index contributed by atoms with van der Waals surface area (Å²) in [7, 11) is 0. The van der Waals surface area contributed by atoms with Gasteiger partial charge in [0.2, 0.25) is 0 Å². The van der Waals surface area contributed by atoms with Crippen molar-refractivity contribution < 1.29 is 29.3 Å². The van der Waals surface area contributed by atoms with E-state index in [2.05, 4.69) is 20.8 Å². The number of carbonyl (C=O) groups is 2. The lowest BCUT2D eigenvalue weighted by Crippen LogP contribution is -2.64. The summed E-state index contributed by atoms with van der Waals surface area (Å²) in [5.41, 5.74) is -0.932. The molecule has 1 aliphatic heterocycles. The third-order valence-corrected chi connectivity index (χ3v) is 10.0. The maximum Gasteiger partial charge on any atom is 0.190 e. The van der Waals surface area contributed by atoms with Crippen molar-refractivity contribution in [2.75, 3.05) is 13.2 Å². The molecule has 5 aliphatic rings. The van der Waals surface area contributed by atoms with Crippen LogP contribution in [0.15, 0.2) is 23.8 Å². The zero-order valence-corrected chi connectivity index (χ0v) is 20.1. The highest BCUT2D eigenvalue weighted by molar-refractivity contribution is 6.01. The number of hydrogen-bond donors (Lipinski definition) is 2. The van der Waals surface area contributed by atoms with E-state index < -0.39 is 30.0 Å². The molecule has 3 saturated carbocycles. The van der Waals surface area contributed by atoms with Crippen LogP contribution in [0.25, 0.3) is 0 Å². The molecule has 1 saturated heterocycles. The van der Waals surface area contributed by atoms with E-state index >= 15 is 0 Å². The first kappa shape index (κ1) is 23.4. The zero-order valence-electron chi connectivity index (χ0n) is 20.1. The van der Waals surface area contributed by atoms with Crippen LogP contribution in [0, 0.1) is 34.5 Å². The van der Waals surface area contributed by atoms with Crippen LogP contribution in [0.5, 0.6) is 0 Å². The molecule has 4 aliphatic carbocycles. The van der Waals surface area contributed by atoms with Crippen LogP contribution in [0.2, 0.25) is 0 Å². The van der Waals surface area contributed by atoms with Crippen molar-refractivity contribution in [3.05, 3.63) is 23.8 Å². The molecule has 9 atom stereocenters. The van der Waals surface area contributed by atoms with E-state index in [1.165, 1.54) is 0 Å². The molecular weight excluding hydrogens is 420 g/mol. The highest BCUT2D eigenvalue weighted by Crippen LogP contribution is 2.70. The van der Waals surface area contributed by atoms with Gasteiger partial charge in [0.25, 0.3) is 0 Å². The summed E-state index contributed by atoms with van der Waals surface area (Å²) in [6.45, 7) is 6.34. The van der Waals surface area contributed by atoms with Crippen LogP contribution in [-0.2, 0) is 19.1 Å². The summed E-state index contributed by atoms with van der Waals surface area (Å²) in [5, 5.41) is 21.8. The smallest absolute Gasteiger partial charge is 0.190 e. The van der Waals surface area contributed by atoms with Gasteiger partial charge in [-0.2, -0.15) is 0 Å². The Balaban J connectivity index is 1.58. The van der Waals surface area contributed by atoms with Crippen LogP contribution >= 0.6 is 0 Å². The van der Waals surface area contributed by atoms with Gasteiger partial charge in [0, 0.05) is 16.7 Å². The third-order valence-electron chi connectivity index (χ3n) is 10.0. The van der Waals surface area contributed by atoms with E-state index in [0.717, 1.165) is 37.7 Å². The predicted octanol–water partition coefficient (Wildman–Crippen LogP) is 3.35. The molecule has 0 aromatic carbocycles. The van der Waals surface area contributed by atoms with Crippen LogP contribution in [0.1, 0.15) is 65.7 Å². The van der Waals surface area contributed by atoms with Crippen molar-refractivity contribution in [1.29, 1.82) is 0 Å². The fourth-order valence-electron chi connectivity index (χ4n) is 8.72. The van der Waals surface area contributed by atoms with Crippen LogP contribution in [0.4, 0.5) is 0 Å². The standard InChI is InChI=1S/C27H38O6/c1-4-5-23-32-11-9-17-13-20-19-7-6-16-12-18(29)8-10-25(16,2)24(19)21(30)14-26(20,3)27(17,33-23)22(31)15-28/h8,10,12,17,19-21,23-24,28,30H,4-7,9,11,13-15H2,1-3H3/t17?,19?,20?,21-,23?,24?,25?,26?,27-/m0/s1. The van der Waals surface area contributed by atoms with E-state index in [1.807, 2.05) is 6.08 Å². The van der Waals surface area contributed by atoms with Gasteiger partial charge in [-0.1, -0.05) is 38.8 Å². The van der Waals surface area contributed by atoms with Gasteiger partial charge in [0.05, 0.1) is 12.7 Å². The Hall–Kier alpha value is -1.34. The molecule has 6 nitrogen and oxygen atoms in total. The number of ketones is 2. The predicted molar refractivity (Wildman–Crippen MR) is 122 cm³/mol. The SMILES string of the molecule is CCCC1OCCC2CC3C4CCC5=CC(=O)C=CC5(C)C4[C@@H](O)CC3(C)[C@]2(C(=O)CO)O1. The largest absolute Gasteiger partial charge is 0.393 e. The number of aliphatic hydroxyl groups is 2. The molecule has 182 valence electrons. The number of ether oxygens (including phenoxy) is 2. The monoisotopic (exact) mass is 458 g/mol. The average molecular weight is 459 g/mol. The van der Waals surface area contributed by atoms with Gasteiger partial charge in [-0.25, -0.2) is 0 Å². The summed E-state index contributed by atoms with van der Waals surface area (Å²) < 4.78 is 12.6. The molecule has 2 N–H and O–H groups in total. The second-order valence-electron chi connectivity index (χ2n) is 11.5. The second kappa shape index (κ2) is 8.11. The van der Waals surface area contributed by atoms with Gasteiger partial charge in [-0.05, 0) is 68.4 Å². The Morgan fingerprint density at radius 3 is 2.79 bits per heavy atom. The first-order valence-corrected chi connectivity index (χ1v) is 12.8. The molecule has 0 amide bonds. The second-order valence-corrected chi connectivity index (χ2v) is 11.5. The highest BCUT2D eigenvalue weighted by atomic mass is 16.7. The Morgan fingerprint density at radius 1 is 1.27 bits per heavy atom. The Kier molecular flexibility index (Phi) is 5.75. The van der Waals surface area contributed by atoms with Crippen molar-refractivity contribution >= 4 is 11.6 Å². The van der Waals surface area contributed by atoms with Gasteiger partial charge in [0.15, 0.2) is 17.9 Å². The number of Topliss-reactive ketones (excluding diaryl/α,β-unsaturated/α-hetero) is 1. The number of fused-ring (bicyclic) bond motifs is 7. The molecule has 6 heteroatoms. The molecule has 4 fully saturated rings. The van der Waals surface area contributed by atoms with Gasteiger partial charge in [-0.3, -0.25) is 9.59 Å². The molecular formula is C27H38O6. The first-order valence-electron chi connectivity index (χ1n) is 12.8. The maximum atomic E-state index is 13.6. The molecule has 5 rings (SSSR count). The highest BCUT2D eigenvalue weighted by Gasteiger charge is 2.73. The normalized spacial score (nSPS) is 48.8. The maximum absolute atomic E-state index is 13.6. The molecule has 0 aromatic rings. The lowest BCUT2D eigenvalue weighted by atomic mass is 9.46. The number of aliphatic hydroxyl groups excluding tert-OH is 2. The third kappa shape index (κ3) is 3.13. The van der Waals surface area contributed by atoms with Gasteiger partial charge < -0.3 is 19.7 Å². The Morgan fingerprint density at radius 2 is 2.06 bits per heavy atom. The molecule has 0 aromatic heterocycles. The van der Waals surface area contributed by atoms with E-state index in [0.29, 0.717) is 19.4 Å². The van der Waals surface area contributed by atoms with Gasteiger partial charge in [0.1, 0.15) is 12.2 Å². The minimum absolute atomic E-state index is 0.00577. The van der Waals surface area contributed by atoms with E-state index in [4.69, 9.17) is 9.47 Å². The quantitative estimate of drug-likeness (QED) is 0.671.